The highest BCUT2D eigenvalue weighted by Crippen LogP contribution is 2.18. The van der Waals surface area contributed by atoms with Crippen LogP contribution in [-0.4, -0.2) is 57.9 Å². The zero-order valence-electron chi connectivity index (χ0n) is 13.6. The molecular formula is C17H19N3O5. The molecule has 1 aromatic carbocycles. The van der Waals surface area contributed by atoms with Gasteiger partial charge in [-0.1, -0.05) is 18.2 Å². The number of rotatable bonds is 6. The lowest BCUT2D eigenvalue weighted by atomic mass is 10.1. The molecular weight excluding hydrogens is 326 g/mol. The second-order valence-electron chi connectivity index (χ2n) is 5.78. The molecule has 0 bridgehead atoms. The molecule has 1 fully saturated rings. The van der Waals surface area contributed by atoms with Gasteiger partial charge in [0.2, 0.25) is 17.7 Å². The molecule has 0 spiro atoms. The molecule has 1 N–H and O–H groups in total. The van der Waals surface area contributed by atoms with E-state index in [9.17, 15) is 9.59 Å². The molecule has 0 saturated carbocycles. The van der Waals surface area contributed by atoms with Crippen LogP contribution in [-0.2, 0) is 20.7 Å². The van der Waals surface area contributed by atoms with E-state index in [1.54, 1.807) is 4.90 Å². The summed E-state index contributed by atoms with van der Waals surface area (Å²) in [6.07, 6.45) is 0.382. The van der Waals surface area contributed by atoms with Crippen molar-refractivity contribution < 1.29 is 23.8 Å². The molecule has 1 saturated heterocycles. The van der Waals surface area contributed by atoms with E-state index in [-0.39, 0.29) is 25.4 Å². The number of amides is 1. The minimum Gasteiger partial charge on any atom is -0.481 e. The molecule has 0 aliphatic carbocycles. The predicted molar refractivity (Wildman–Crippen MR) is 86.6 cm³/mol. The zero-order valence-corrected chi connectivity index (χ0v) is 13.6. The summed E-state index contributed by atoms with van der Waals surface area (Å²) in [6.45, 7) is 1.06. The average Bonchev–Trinajstić information content (AvgIpc) is 3.09. The van der Waals surface area contributed by atoms with E-state index in [0.29, 0.717) is 31.4 Å². The summed E-state index contributed by atoms with van der Waals surface area (Å²) >= 11 is 0. The topological polar surface area (TPSA) is 106 Å². The second kappa shape index (κ2) is 7.89. The maximum atomic E-state index is 12.4. The van der Waals surface area contributed by atoms with Crippen LogP contribution in [0.5, 0.6) is 0 Å². The molecule has 1 amide bonds. The summed E-state index contributed by atoms with van der Waals surface area (Å²) in [7, 11) is 0. The third kappa shape index (κ3) is 4.42. The predicted octanol–water partition coefficient (Wildman–Crippen LogP) is 1.37. The van der Waals surface area contributed by atoms with Crippen molar-refractivity contribution in [2.24, 2.45) is 0 Å². The molecule has 2 aromatic rings. The van der Waals surface area contributed by atoms with Crippen LogP contribution < -0.4 is 0 Å². The number of aryl methyl sites for hydroxylation is 1. The lowest BCUT2D eigenvalue weighted by Gasteiger charge is -2.34. The van der Waals surface area contributed by atoms with Gasteiger partial charge in [-0.15, -0.1) is 10.2 Å². The van der Waals surface area contributed by atoms with E-state index in [4.69, 9.17) is 14.3 Å². The van der Waals surface area contributed by atoms with Gasteiger partial charge in [0.15, 0.2) is 0 Å². The number of carbonyl (C=O) groups excluding carboxylic acids is 1. The Morgan fingerprint density at radius 2 is 2.04 bits per heavy atom. The smallest absolute Gasteiger partial charge is 0.305 e. The minimum atomic E-state index is -0.947. The molecule has 3 rings (SSSR count). The first-order chi connectivity index (χ1) is 12.1. The summed E-state index contributed by atoms with van der Waals surface area (Å²) in [6, 6.07) is 8.96. The third-order valence-electron chi connectivity index (χ3n) is 4.00. The largest absolute Gasteiger partial charge is 0.481 e. The quantitative estimate of drug-likeness (QED) is 0.843. The van der Waals surface area contributed by atoms with Gasteiger partial charge >= 0.3 is 5.97 Å². The van der Waals surface area contributed by atoms with Crippen LogP contribution in [0.1, 0.15) is 18.7 Å². The first kappa shape index (κ1) is 17.1. The monoisotopic (exact) mass is 345 g/mol. The van der Waals surface area contributed by atoms with Crippen LogP contribution in [0, 0.1) is 0 Å². The number of carboxylic acids is 1. The number of aliphatic carboxylic acids is 1. The summed E-state index contributed by atoms with van der Waals surface area (Å²) in [5.41, 5.74) is 0.822. The normalized spacial score (nSPS) is 17.4. The van der Waals surface area contributed by atoms with Gasteiger partial charge in [0, 0.05) is 24.9 Å². The molecule has 1 unspecified atom stereocenters. The standard InChI is InChI=1S/C17H19N3O5/c21-15(20-8-9-24-11-13(20)10-16(22)23)7-6-14-18-19-17(25-14)12-4-2-1-3-5-12/h1-5,13H,6-11H2,(H,22,23). The van der Waals surface area contributed by atoms with Gasteiger partial charge in [0.25, 0.3) is 0 Å². The number of nitrogens with zero attached hydrogens (tertiary/aromatic N) is 3. The van der Waals surface area contributed by atoms with E-state index >= 15 is 0 Å². The van der Waals surface area contributed by atoms with Crippen LogP contribution in [0.25, 0.3) is 11.5 Å². The van der Waals surface area contributed by atoms with Crippen molar-refractivity contribution in [2.45, 2.75) is 25.3 Å². The van der Waals surface area contributed by atoms with E-state index in [0.717, 1.165) is 5.56 Å². The van der Waals surface area contributed by atoms with Gasteiger partial charge in [0.1, 0.15) is 0 Å². The number of carbonyl (C=O) groups is 2. The first-order valence-corrected chi connectivity index (χ1v) is 8.10. The van der Waals surface area contributed by atoms with Crippen molar-refractivity contribution in [2.75, 3.05) is 19.8 Å². The minimum absolute atomic E-state index is 0.121. The van der Waals surface area contributed by atoms with Crippen molar-refractivity contribution in [3.05, 3.63) is 36.2 Å². The molecule has 8 nitrogen and oxygen atoms in total. The highest BCUT2D eigenvalue weighted by Gasteiger charge is 2.29. The van der Waals surface area contributed by atoms with E-state index < -0.39 is 12.0 Å². The molecule has 0 radical (unpaired) electrons. The summed E-state index contributed by atoms with van der Waals surface area (Å²) in [5.74, 6) is -0.278. The molecule has 8 heteroatoms. The Morgan fingerprint density at radius 1 is 1.24 bits per heavy atom. The number of aromatic nitrogens is 2. The molecule has 1 aliphatic heterocycles. The molecule has 1 aliphatic rings. The van der Waals surface area contributed by atoms with E-state index in [2.05, 4.69) is 10.2 Å². The van der Waals surface area contributed by atoms with E-state index in [1.807, 2.05) is 30.3 Å². The second-order valence-corrected chi connectivity index (χ2v) is 5.78. The van der Waals surface area contributed by atoms with Crippen molar-refractivity contribution in [3.63, 3.8) is 0 Å². The van der Waals surface area contributed by atoms with Gasteiger partial charge in [-0.05, 0) is 12.1 Å². The van der Waals surface area contributed by atoms with Gasteiger partial charge < -0.3 is 19.2 Å². The number of morpholine rings is 1. The zero-order chi connectivity index (χ0) is 17.6. The van der Waals surface area contributed by atoms with Gasteiger partial charge in [-0.25, -0.2) is 0 Å². The fourth-order valence-corrected chi connectivity index (χ4v) is 2.76. The molecule has 25 heavy (non-hydrogen) atoms. The SMILES string of the molecule is O=C(O)CC1COCCN1C(=O)CCc1nnc(-c2ccccc2)o1. The lowest BCUT2D eigenvalue weighted by Crippen LogP contribution is -2.49. The Labute approximate surface area is 144 Å². The molecule has 132 valence electrons. The van der Waals surface area contributed by atoms with Crippen LogP contribution in [0.2, 0.25) is 0 Å². The fourth-order valence-electron chi connectivity index (χ4n) is 2.76. The van der Waals surface area contributed by atoms with Crippen molar-refractivity contribution in [1.82, 2.24) is 15.1 Å². The average molecular weight is 345 g/mol. The van der Waals surface area contributed by atoms with E-state index in [1.165, 1.54) is 0 Å². The van der Waals surface area contributed by atoms with Crippen molar-refractivity contribution in [3.8, 4) is 11.5 Å². The molecule has 1 atom stereocenters. The van der Waals surface area contributed by atoms with Gasteiger partial charge in [-0.3, -0.25) is 9.59 Å². The first-order valence-electron chi connectivity index (χ1n) is 8.10. The summed E-state index contributed by atoms with van der Waals surface area (Å²) < 4.78 is 10.9. The number of benzene rings is 1. The number of hydrogen-bond acceptors (Lipinski definition) is 6. The third-order valence-corrected chi connectivity index (χ3v) is 4.00. The van der Waals surface area contributed by atoms with Gasteiger partial charge in [-0.2, -0.15) is 0 Å². The van der Waals surface area contributed by atoms with Gasteiger partial charge in [0.05, 0.1) is 25.7 Å². The Balaban J connectivity index is 1.58. The summed E-state index contributed by atoms with van der Waals surface area (Å²) in [4.78, 5) is 24.9. The number of carboxylic acid groups (broad SMARTS) is 1. The Hall–Kier alpha value is -2.74. The van der Waals surface area contributed by atoms with Crippen LogP contribution in [0.3, 0.4) is 0 Å². The van der Waals surface area contributed by atoms with Crippen LogP contribution in [0.15, 0.2) is 34.7 Å². The maximum absolute atomic E-state index is 12.4. The molecule has 1 aromatic heterocycles. The van der Waals surface area contributed by atoms with Crippen LogP contribution in [0.4, 0.5) is 0 Å². The number of hydrogen-bond donors (Lipinski definition) is 1. The number of ether oxygens (including phenoxy) is 1. The molecule has 2 heterocycles. The highest BCUT2D eigenvalue weighted by molar-refractivity contribution is 5.78. The highest BCUT2D eigenvalue weighted by atomic mass is 16.5. The maximum Gasteiger partial charge on any atom is 0.305 e. The van der Waals surface area contributed by atoms with Crippen molar-refractivity contribution >= 4 is 11.9 Å². The Bertz CT molecular complexity index is 731. The van der Waals surface area contributed by atoms with Crippen LogP contribution >= 0.6 is 0 Å². The van der Waals surface area contributed by atoms with Crippen molar-refractivity contribution in [1.29, 1.82) is 0 Å². The lowest BCUT2D eigenvalue weighted by molar-refractivity contribution is -0.146. The Morgan fingerprint density at radius 3 is 2.80 bits per heavy atom. The summed E-state index contributed by atoms with van der Waals surface area (Å²) in [5, 5.41) is 16.9. The fraction of sp³-hybridized carbons (Fsp3) is 0.412. The Kier molecular flexibility index (Phi) is 5.39.